The summed E-state index contributed by atoms with van der Waals surface area (Å²) in [5.41, 5.74) is 2.81. The highest BCUT2D eigenvalue weighted by Gasteiger charge is 2.22. The number of carbonyl (C=O) groups is 1. The number of ether oxygens (including phenoxy) is 2. The molecule has 0 saturated heterocycles. The number of amides is 1. The lowest BCUT2D eigenvalue weighted by Crippen LogP contribution is -2.27. The Kier molecular flexibility index (Phi) is 6.29. The van der Waals surface area contributed by atoms with Gasteiger partial charge in [0.15, 0.2) is 10.6 Å². The van der Waals surface area contributed by atoms with E-state index in [0.29, 0.717) is 28.8 Å². The van der Waals surface area contributed by atoms with E-state index in [1.165, 1.54) is 0 Å². The van der Waals surface area contributed by atoms with Crippen LogP contribution in [0.5, 0.6) is 11.5 Å². The smallest absolute Gasteiger partial charge is 0.240 e. The van der Waals surface area contributed by atoms with Crippen molar-refractivity contribution in [2.45, 2.75) is 39.5 Å². The number of rotatable bonds is 7. The second kappa shape index (κ2) is 9.11. The van der Waals surface area contributed by atoms with Crippen molar-refractivity contribution in [2.75, 3.05) is 6.61 Å². The zero-order valence-corrected chi connectivity index (χ0v) is 18.8. The van der Waals surface area contributed by atoms with Crippen molar-refractivity contribution in [3.05, 3.63) is 57.3 Å². The summed E-state index contributed by atoms with van der Waals surface area (Å²) in [5.74, 6) is 2.00. The molecule has 0 fully saturated rings. The van der Waals surface area contributed by atoms with Crippen LogP contribution >= 0.6 is 23.8 Å². The van der Waals surface area contributed by atoms with Crippen molar-refractivity contribution in [3.63, 3.8) is 0 Å². The van der Waals surface area contributed by atoms with E-state index in [2.05, 4.69) is 15.5 Å². The van der Waals surface area contributed by atoms with E-state index < -0.39 is 0 Å². The summed E-state index contributed by atoms with van der Waals surface area (Å²) in [6.45, 7) is 4.88. The van der Waals surface area contributed by atoms with E-state index >= 15 is 0 Å². The minimum absolute atomic E-state index is 0.0374. The molecule has 2 N–H and O–H groups in total. The highest BCUT2D eigenvalue weighted by atomic mass is 35.5. The van der Waals surface area contributed by atoms with Crippen molar-refractivity contribution >= 4 is 29.7 Å². The maximum Gasteiger partial charge on any atom is 0.240 e. The molecule has 4 rings (SSSR count). The van der Waals surface area contributed by atoms with Gasteiger partial charge in [-0.3, -0.25) is 14.5 Å². The van der Waals surface area contributed by atoms with Gasteiger partial charge in [-0.15, -0.1) is 0 Å². The fraction of sp³-hybridized carbons (Fsp3) is 0.318. The van der Waals surface area contributed by atoms with Crippen molar-refractivity contribution in [3.8, 4) is 22.9 Å². The lowest BCUT2D eigenvalue weighted by atomic mass is 10.1. The first kappa shape index (κ1) is 21.4. The zero-order chi connectivity index (χ0) is 22.0. The molecule has 9 heteroatoms. The number of benzene rings is 2. The molecule has 7 nitrogen and oxygen atoms in total. The lowest BCUT2D eigenvalue weighted by molar-refractivity contribution is -0.121. The summed E-state index contributed by atoms with van der Waals surface area (Å²) < 4.78 is 13.7. The van der Waals surface area contributed by atoms with Gasteiger partial charge in [0.1, 0.15) is 24.1 Å². The number of hydrogen-bond donors (Lipinski definition) is 2. The summed E-state index contributed by atoms with van der Waals surface area (Å²) in [6.07, 6.45) is 0.998. The van der Waals surface area contributed by atoms with Gasteiger partial charge in [-0.25, -0.2) is 0 Å². The van der Waals surface area contributed by atoms with Crippen molar-refractivity contribution in [2.24, 2.45) is 0 Å². The summed E-state index contributed by atoms with van der Waals surface area (Å²) in [5, 5.41) is 10.6. The Balaban J connectivity index is 1.49. The fourth-order valence-electron chi connectivity index (χ4n) is 3.59. The Labute approximate surface area is 190 Å². The van der Waals surface area contributed by atoms with E-state index in [-0.39, 0.29) is 18.6 Å². The number of nitrogens with one attached hydrogen (secondary N) is 2. The minimum Gasteiger partial charge on any atom is -0.494 e. The predicted octanol–water partition coefficient (Wildman–Crippen LogP) is 4.30. The molecule has 3 aromatic rings. The molecule has 31 heavy (non-hydrogen) atoms. The molecule has 1 unspecified atom stereocenters. The first-order valence-corrected chi connectivity index (χ1v) is 10.9. The first-order valence-electron chi connectivity index (χ1n) is 10.1. The number of fused-ring (bicyclic) bond motifs is 1. The van der Waals surface area contributed by atoms with Crippen LogP contribution in [0.3, 0.4) is 0 Å². The molecule has 1 aliphatic rings. The first-order chi connectivity index (χ1) is 14.9. The number of H-pyrrole nitrogens is 1. The average Bonchev–Trinajstić information content (AvgIpc) is 3.28. The molecule has 2 aromatic carbocycles. The van der Waals surface area contributed by atoms with Gasteiger partial charge in [0.2, 0.25) is 5.91 Å². The van der Waals surface area contributed by atoms with E-state index in [4.69, 9.17) is 33.3 Å². The van der Waals surface area contributed by atoms with Crippen LogP contribution in [0, 0.1) is 4.77 Å². The van der Waals surface area contributed by atoms with Crippen LogP contribution in [0.4, 0.5) is 0 Å². The third-order valence-electron chi connectivity index (χ3n) is 5.02. The lowest BCUT2D eigenvalue weighted by Gasteiger charge is -2.14. The SMILES string of the molecule is CCOc1cc2c(cc1CNC(=O)Cn1c(-c3ccc(Cl)cc3)n[nH]c1=S)OC(C)C2. The number of carbonyl (C=O) groups excluding carboxylic acids is 1. The Morgan fingerprint density at radius 2 is 2.16 bits per heavy atom. The normalized spacial score (nSPS) is 14.7. The standard InChI is InChI=1S/C22H23ClN4O3S/c1-3-29-18-9-15-8-13(2)30-19(15)10-16(18)11-24-20(28)12-27-21(25-26-22(27)31)14-4-6-17(23)7-5-14/h4-7,9-10,13H,3,8,11-12H2,1-2H3,(H,24,28)(H,26,31). The Morgan fingerprint density at radius 3 is 2.90 bits per heavy atom. The van der Waals surface area contributed by atoms with E-state index in [1.807, 2.05) is 38.1 Å². The largest absolute Gasteiger partial charge is 0.494 e. The second-order valence-electron chi connectivity index (χ2n) is 7.36. The van der Waals surface area contributed by atoms with Gasteiger partial charge < -0.3 is 14.8 Å². The number of hydrogen-bond acceptors (Lipinski definition) is 5. The molecule has 1 atom stereocenters. The maximum atomic E-state index is 12.7. The second-order valence-corrected chi connectivity index (χ2v) is 8.18. The zero-order valence-electron chi connectivity index (χ0n) is 17.3. The summed E-state index contributed by atoms with van der Waals surface area (Å²) >= 11 is 11.3. The Hall–Kier alpha value is -2.84. The van der Waals surface area contributed by atoms with Gasteiger partial charge in [-0.1, -0.05) is 11.6 Å². The molecule has 2 heterocycles. The quantitative estimate of drug-likeness (QED) is 0.516. The molecule has 1 aliphatic heterocycles. The summed E-state index contributed by atoms with van der Waals surface area (Å²) in [6, 6.07) is 11.2. The molecule has 0 aliphatic carbocycles. The maximum absolute atomic E-state index is 12.7. The fourth-order valence-corrected chi connectivity index (χ4v) is 3.91. The third-order valence-corrected chi connectivity index (χ3v) is 5.58. The number of aromatic amines is 1. The van der Waals surface area contributed by atoms with Gasteiger partial charge in [-0.05, 0) is 62.5 Å². The monoisotopic (exact) mass is 458 g/mol. The minimum atomic E-state index is -0.190. The Bertz CT molecular complexity index is 1160. The number of aromatic nitrogens is 3. The third kappa shape index (κ3) is 4.75. The van der Waals surface area contributed by atoms with Crippen LogP contribution in [0.2, 0.25) is 5.02 Å². The van der Waals surface area contributed by atoms with E-state index in [9.17, 15) is 4.79 Å². The molecule has 0 bridgehead atoms. The van der Waals surface area contributed by atoms with Crippen LogP contribution in [0.25, 0.3) is 11.4 Å². The van der Waals surface area contributed by atoms with Gasteiger partial charge in [0.05, 0.1) is 6.61 Å². The molecule has 1 aromatic heterocycles. The molecule has 0 spiro atoms. The molecular formula is C22H23ClN4O3S. The Morgan fingerprint density at radius 1 is 1.39 bits per heavy atom. The van der Waals surface area contributed by atoms with Gasteiger partial charge in [-0.2, -0.15) is 5.10 Å². The molecular weight excluding hydrogens is 436 g/mol. The summed E-state index contributed by atoms with van der Waals surface area (Å²) in [7, 11) is 0. The van der Waals surface area contributed by atoms with Gasteiger partial charge in [0, 0.05) is 34.7 Å². The van der Waals surface area contributed by atoms with Crippen LogP contribution in [-0.2, 0) is 24.3 Å². The van der Waals surface area contributed by atoms with Gasteiger partial charge >= 0.3 is 0 Å². The number of nitrogens with zero attached hydrogens (tertiary/aromatic N) is 2. The number of halogens is 1. The van der Waals surface area contributed by atoms with Crippen molar-refractivity contribution in [1.29, 1.82) is 0 Å². The molecule has 162 valence electrons. The topological polar surface area (TPSA) is 81.2 Å². The molecule has 0 saturated carbocycles. The van der Waals surface area contributed by atoms with Crippen LogP contribution in [0.1, 0.15) is 25.0 Å². The predicted molar refractivity (Wildman–Crippen MR) is 121 cm³/mol. The van der Waals surface area contributed by atoms with Crippen molar-refractivity contribution in [1.82, 2.24) is 20.1 Å². The summed E-state index contributed by atoms with van der Waals surface area (Å²) in [4.78, 5) is 12.7. The van der Waals surface area contributed by atoms with Gasteiger partial charge in [0.25, 0.3) is 0 Å². The van der Waals surface area contributed by atoms with Crippen LogP contribution < -0.4 is 14.8 Å². The van der Waals surface area contributed by atoms with Crippen LogP contribution in [-0.4, -0.2) is 33.4 Å². The highest BCUT2D eigenvalue weighted by Crippen LogP contribution is 2.35. The molecule has 1 amide bonds. The van der Waals surface area contributed by atoms with E-state index in [0.717, 1.165) is 34.6 Å². The van der Waals surface area contributed by atoms with Crippen molar-refractivity contribution < 1.29 is 14.3 Å². The van der Waals surface area contributed by atoms with Crippen LogP contribution in [0.15, 0.2) is 36.4 Å². The average molecular weight is 459 g/mol. The van der Waals surface area contributed by atoms with E-state index in [1.54, 1.807) is 16.7 Å². The molecule has 0 radical (unpaired) electrons. The highest BCUT2D eigenvalue weighted by molar-refractivity contribution is 7.71.